The molecule has 10 heteroatoms. The number of aryl methyl sites for hydroxylation is 1. The van der Waals surface area contributed by atoms with Crippen LogP contribution in [0.3, 0.4) is 0 Å². The summed E-state index contributed by atoms with van der Waals surface area (Å²) >= 11 is 0. The number of amides is 1. The van der Waals surface area contributed by atoms with Gasteiger partial charge in [0.05, 0.1) is 5.56 Å². The number of nitrogens with one attached hydrogen (secondary N) is 1. The molecule has 1 radical (unpaired) electrons. The van der Waals surface area contributed by atoms with E-state index in [-0.39, 0.29) is 74.1 Å². The van der Waals surface area contributed by atoms with Crippen molar-refractivity contribution in [1.82, 2.24) is 0 Å². The summed E-state index contributed by atoms with van der Waals surface area (Å²) in [4.78, 5) is 40.4. The second-order valence-corrected chi connectivity index (χ2v) is 9.78. The molecule has 0 bridgehead atoms. The first-order valence-corrected chi connectivity index (χ1v) is 13.4. The summed E-state index contributed by atoms with van der Waals surface area (Å²) in [6.45, 7) is -0.172. The number of benzene rings is 4. The van der Waals surface area contributed by atoms with Crippen LogP contribution in [-0.4, -0.2) is 35.7 Å². The van der Waals surface area contributed by atoms with E-state index < -0.39 is 17.8 Å². The fourth-order valence-corrected chi connectivity index (χ4v) is 4.62. The Kier molecular flexibility index (Phi) is 12.6. The van der Waals surface area contributed by atoms with Crippen molar-refractivity contribution in [3.8, 4) is 5.75 Å². The summed E-state index contributed by atoms with van der Waals surface area (Å²) in [7, 11) is 0. The molecule has 0 aromatic heterocycles. The van der Waals surface area contributed by atoms with E-state index in [2.05, 4.69) is 0 Å². The SMILES string of the molecule is N=C(N)C1=Cc2ccc(OC(=O)c3ccc(C(=O)N(CC(=O)OCc4ccccc4)c4ccccc4)cc3)cc2CC1.O.[Ac]. The van der Waals surface area contributed by atoms with Crippen molar-refractivity contribution in [3.63, 3.8) is 0 Å². The minimum absolute atomic E-state index is 0. The van der Waals surface area contributed by atoms with Crippen LogP contribution in [0, 0.1) is 49.5 Å². The standard InChI is InChI=1S/C34H29N3O5.Ac.H2O/c35-32(36)28-16-15-27-20-30(18-17-26(27)19-28)42-34(40)25-13-11-24(12-14-25)33(39)37(29-9-5-2-6-10-29)21-31(38)41-22-23-7-3-1-4-8-23;;/h1-14,17-20H,15-16,21-22H2,(H3,35,36);;1H2. The number of nitrogens with zero attached hydrogens (tertiary/aromatic N) is 1. The maximum absolute atomic E-state index is 13.5. The van der Waals surface area contributed by atoms with Crippen molar-refractivity contribution in [2.75, 3.05) is 11.4 Å². The van der Waals surface area contributed by atoms with Crippen molar-refractivity contribution >= 4 is 35.4 Å². The maximum Gasteiger partial charge on any atom is 0.343 e. The summed E-state index contributed by atoms with van der Waals surface area (Å²) in [5.74, 6) is -1.05. The van der Waals surface area contributed by atoms with E-state index in [0.717, 1.165) is 22.3 Å². The van der Waals surface area contributed by atoms with Crippen LogP contribution in [0.1, 0.15) is 43.8 Å². The number of fused-ring (bicyclic) bond motifs is 1. The molecule has 0 fully saturated rings. The molecule has 0 saturated carbocycles. The number of esters is 2. The van der Waals surface area contributed by atoms with Crippen LogP contribution in [0.5, 0.6) is 5.75 Å². The van der Waals surface area contributed by atoms with E-state index in [4.69, 9.17) is 20.6 Å². The molecule has 5 rings (SSSR count). The summed E-state index contributed by atoms with van der Waals surface area (Å²) in [5.41, 5.74) is 10.3. The zero-order valence-electron chi connectivity index (χ0n) is 23.9. The molecule has 0 atom stereocenters. The molecule has 221 valence electrons. The number of anilines is 1. The Morgan fingerprint density at radius 2 is 1.45 bits per heavy atom. The molecule has 1 aliphatic carbocycles. The Balaban J connectivity index is 0.00000264. The van der Waals surface area contributed by atoms with Crippen LogP contribution in [0.4, 0.5) is 5.69 Å². The Morgan fingerprint density at radius 1 is 0.818 bits per heavy atom. The van der Waals surface area contributed by atoms with Gasteiger partial charge in [-0.1, -0.05) is 54.6 Å². The number of hydrogen-bond acceptors (Lipinski definition) is 6. The predicted molar refractivity (Wildman–Crippen MR) is 164 cm³/mol. The number of para-hydroxylation sites is 1. The normalized spacial score (nSPS) is 11.4. The number of rotatable bonds is 9. The van der Waals surface area contributed by atoms with E-state index in [0.29, 0.717) is 29.8 Å². The average molecular weight is 805 g/mol. The van der Waals surface area contributed by atoms with Crippen molar-refractivity contribution in [2.45, 2.75) is 19.4 Å². The van der Waals surface area contributed by atoms with Crippen molar-refractivity contribution < 1.29 is 73.4 Å². The van der Waals surface area contributed by atoms with E-state index in [1.54, 1.807) is 30.3 Å². The van der Waals surface area contributed by atoms with Crippen molar-refractivity contribution in [2.24, 2.45) is 5.73 Å². The Labute approximate surface area is 291 Å². The molecule has 0 spiro atoms. The van der Waals surface area contributed by atoms with E-state index >= 15 is 0 Å². The van der Waals surface area contributed by atoms with E-state index in [9.17, 15) is 14.4 Å². The van der Waals surface area contributed by atoms with Gasteiger partial charge in [-0.2, -0.15) is 0 Å². The first kappa shape index (κ1) is 34.4. The van der Waals surface area contributed by atoms with E-state index in [1.165, 1.54) is 29.2 Å². The van der Waals surface area contributed by atoms with Crippen molar-refractivity contribution in [1.29, 1.82) is 5.41 Å². The molecule has 1 aliphatic rings. The number of carbonyl (C=O) groups is 3. The predicted octanol–water partition coefficient (Wildman–Crippen LogP) is 4.74. The molecule has 5 N–H and O–H groups in total. The topological polar surface area (TPSA) is 154 Å². The third kappa shape index (κ3) is 8.73. The van der Waals surface area contributed by atoms with Gasteiger partial charge in [-0.3, -0.25) is 19.9 Å². The van der Waals surface area contributed by atoms with Crippen LogP contribution in [0.15, 0.2) is 109 Å². The molecule has 4 aromatic rings. The van der Waals surface area contributed by atoms with Gasteiger partial charge < -0.3 is 20.7 Å². The minimum Gasteiger partial charge on any atom is -0.459 e. The Hall–Kier alpha value is -4.10. The van der Waals surface area contributed by atoms with Gasteiger partial charge in [0.25, 0.3) is 5.91 Å². The summed E-state index contributed by atoms with van der Waals surface area (Å²) in [6, 6.07) is 29.6. The van der Waals surface area contributed by atoms with Crippen LogP contribution < -0.4 is 15.4 Å². The number of carbonyl (C=O) groups excluding carboxylic acids is 3. The number of ether oxygens (including phenoxy) is 2. The van der Waals surface area contributed by atoms with Gasteiger partial charge in [0.1, 0.15) is 24.7 Å². The zero-order chi connectivity index (χ0) is 29.5. The molecule has 0 saturated heterocycles. The third-order valence-electron chi connectivity index (χ3n) is 6.87. The molecular weight excluding hydrogens is 773 g/mol. The van der Waals surface area contributed by atoms with Gasteiger partial charge in [0.2, 0.25) is 0 Å². The van der Waals surface area contributed by atoms with Crippen molar-refractivity contribution in [3.05, 3.63) is 137 Å². The minimum atomic E-state index is -0.561. The molecule has 9 nitrogen and oxygen atoms in total. The largest absolute Gasteiger partial charge is 0.459 e. The average Bonchev–Trinajstić information content (AvgIpc) is 3.03. The number of amidine groups is 1. The molecular formula is C34H31AcN3O6. The van der Waals surface area contributed by atoms with Gasteiger partial charge in [-0.25, -0.2) is 4.79 Å². The second-order valence-electron chi connectivity index (χ2n) is 9.78. The first-order chi connectivity index (χ1) is 20.4. The number of nitrogens with two attached hydrogens (primary N) is 1. The van der Waals surface area contributed by atoms with Gasteiger partial charge in [0, 0.05) is 55.3 Å². The summed E-state index contributed by atoms with van der Waals surface area (Å²) < 4.78 is 11.0. The molecule has 0 heterocycles. The van der Waals surface area contributed by atoms with Crippen LogP contribution >= 0.6 is 0 Å². The monoisotopic (exact) mass is 804 g/mol. The molecule has 0 unspecified atom stereocenters. The van der Waals surface area contributed by atoms with Crippen LogP contribution in [-0.2, 0) is 22.6 Å². The number of hydrogen-bond donors (Lipinski definition) is 2. The molecule has 44 heavy (non-hydrogen) atoms. The maximum atomic E-state index is 13.5. The summed E-state index contributed by atoms with van der Waals surface area (Å²) in [6.07, 6.45) is 3.23. The van der Waals surface area contributed by atoms with Gasteiger partial charge >= 0.3 is 11.9 Å². The second kappa shape index (κ2) is 16.1. The fourth-order valence-electron chi connectivity index (χ4n) is 4.62. The zero-order valence-corrected chi connectivity index (χ0v) is 28.6. The Morgan fingerprint density at radius 3 is 2.11 bits per heavy atom. The fraction of sp³-hybridized carbons (Fsp3) is 0.118. The quantitative estimate of drug-likeness (QED) is 0.108. The molecule has 1 amide bonds. The first-order valence-electron chi connectivity index (χ1n) is 13.4. The molecule has 4 aromatic carbocycles. The van der Waals surface area contributed by atoms with Gasteiger partial charge in [-0.15, -0.1) is 0 Å². The van der Waals surface area contributed by atoms with Crippen LogP contribution in [0.2, 0.25) is 0 Å². The smallest absolute Gasteiger partial charge is 0.343 e. The molecule has 0 aliphatic heterocycles. The Bertz CT molecular complexity index is 1660. The van der Waals surface area contributed by atoms with Gasteiger partial charge in [0.15, 0.2) is 0 Å². The van der Waals surface area contributed by atoms with Gasteiger partial charge in [-0.05, 0) is 89.7 Å². The van der Waals surface area contributed by atoms with E-state index in [1.807, 2.05) is 54.6 Å². The third-order valence-corrected chi connectivity index (χ3v) is 6.87. The van der Waals surface area contributed by atoms with Crippen LogP contribution in [0.25, 0.3) is 6.08 Å². The summed E-state index contributed by atoms with van der Waals surface area (Å²) in [5, 5.41) is 7.64.